The summed E-state index contributed by atoms with van der Waals surface area (Å²) in [5.74, 6) is 7.05. The van der Waals surface area contributed by atoms with E-state index in [0.717, 1.165) is 38.8 Å². The maximum Gasteiger partial charge on any atom is 0.308 e. The summed E-state index contributed by atoms with van der Waals surface area (Å²) < 4.78 is 7.64. The average Bonchev–Trinajstić information content (AvgIpc) is 3.28. The van der Waals surface area contributed by atoms with Crippen molar-refractivity contribution < 1.29 is 9.53 Å². The van der Waals surface area contributed by atoms with Gasteiger partial charge in [0.05, 0.1) is 12.1 Å². The second-order valence-corrected chi connectivity index (χ2v) is 11.0. The van der Waals surface area contributed by atoms with Crippen molar-refractivity contribution in [3.63, 3.8) is 0 Å². The fraction of sp³-hybridized carbons (Fsp3) is 0.370. The van der Waals surface area contributed by atoms with E-state index in [2.05, 4.69) is 40.9 Å². The first kappa shape index (κ1) is 26.1. The molecule has 1 aliphatic heterocycles. The van der Waals surface area contributed by atoms with E-state index < -0.39 is 11.6 Å². The van der Waals surface area contributed by atoms with Crippen molar-refractivity contribution in [3.05, 3.63) is 63.0 Å². The molecule has 3 aromatic rings. The molecule has 2 aromatic heterocycles. The highest BCUT2D eigenvalue weighted by molar-refractivity contribution is 7.15. The van der Waals surface area contributed by atoms with Crippen molar-refractivity contribution >= 4 is 29.0 Å². The number of rotatable bonds is 4. The van der Waals surface area contributed by atoms with Gasteiger partial charge in [0.2, 0.25) is 0 Å². The van der Waals surface area contributed by atoms with Gasteiger partial charge in [0.25, 0.3) is 0 Å². The van der Waals surface area contributed by atoms with Crippen molar-refractivity contribution in [1.82, 2.24) is 14.8 Å². The second kappa shape index (κ2) is 10.2. The fourth-order valence-electron chi connectivity index (χ4n) is 4.05. The number of hydrogen-bond acceptors (Lipinski definition) is 7. The smallest absolute Gasteiger partial charge is 0.308 e. The minimum atomic E-state index is -0.595. The van der Waals surface area contributed by atoms with Crippen molar-refractivity contribution in [2.24, 2.45) is 21.5 Å². The van der Waals surface area contributed by atoms with Crippen LogP contribution in [0.5, 0.6) is 0 Å². The maximum atomic E-state index is 12.9. The van der Waals surface area contributed by atoms with Crippen LogP contribution in [0.25, 0.3) is 5.00 Å². The zero-order valence-electron chi connectivity index (χ0n) is 21.9. The van der Waals surface area contributed by atoms with E-state index >= 15 is 0 Å². The van der Waals surface area contributed by atoms with Crippen LogP contribution in [-0.4, -0.2) is 44.6 Å². The monoisotopic (exact) mass is 517 g/mol. The predicted molar refractivity (Wildman–Crippen MR) is 146 cm³/mol. The summed E-state index contributed by atoms with van der Waals surface area (Å²) in [5.41, 5.74) is 14.8. The number of hydrogen-bond donors (Lipinski definition) is 2. The van der Waals surface area contributed by atoms with Gasteiger partial charge in [0.1, 0.15) is 29.0 Å². The van der Waals surface area contributed by atoms with Gasteiger partial charge in [-0.1, -0.05) is 24.0 Å². The Morgan fingerprint density at radius 1 is 1.16 bits per heavy atom. The lowest BCUT2D eigenvalue weighted by Crippen LogP contribution is -2.25. The van der Waals surface area contributed by atoms with Gasteiger partial charge in [-0.05, 0) is 59.2 Å². The van der Waals surface area contributed by atoms with Crippen molar-refractivity contribution in [3.8, 4) is 16.8 Å². The number of benzene rings is 1. The Labute approximate surface area is 220 Å². The highest BCUT2D eigenvalue weighted by Crippen LogP contribution is 2.39. The summed E-state index contributed by atoms with van der Waals surface area (Å²) in [6, 6.07) is 7.30. The van der Waals surface area contributed by atoms with Gasteiger partial charge in [0, 0.05) is 21.6 Å². The lowest BCUT2D eigenvalue weighted by atomic mass is 9.98. The summed E-state index contributed by atoms with van der Waals surface area (Å²) in [5, 5.41) is 9.76. The highest BCUT2D eigenvalue weighted by Gasteiger charge is 2.33. The predicted octanol–water partition coefficient (Wildman–Crippen LogP) is 3.50. The number of aromatic nitrogens is 3. The molecule has 0 spiro atoms. The molecule has 0 radical (unpaired) electrons. The minimum Gasteiger partial charge on any atom is -0.460 e. The number of aryl methyl sites for hydroxylation is 2. The van der Waals surface area contributed by atoms with Crippen LogP contribution in [0, 0.1) is 32.6 Å². The number of fused-ring (bicyclic) bond motifs is 3. The normalized spacial score (nSPS) is 14.4. The molecule has 1 aliphatic rings. The molecule has 4 rings (SSSR count). The fourth-order valence-corrected chi connectivity index (χ4v) is 5.26. The number of esters is 1. The van der Waals surface area contributed by atoms with Crippen molar-refractivity contribution in [2.45, 2.75) is 59.6 Å². The number of guanidine groups is 1. The van der Waals surface area contributed by atoms with Crippen molar-refractivity contribution in [1.29, 1.82) is 0 Å². The number of thiophene rings is 1. The molecule has 0 amide bonds. The minimum absolute atomic E-state index is 0.0135. The van der Waals surface area contributed by atoms with Crippen LogP contribution in [0.4, 0.5) is 0 Å². The molecule has 37 heavy (non-hydrogen) atoms. The van der Waals surface area contributed by atoms with Gasteiger partial charge >= 0.3 is 5.97 Å². The van der Waals surface area contributed by atoms with Crippen LogP contribution in [0.2, 0.25) is 0 Å². The van der Waals surface area contributed by atoms with E-state index in [0.29, 0.717) is 5.82 Å². The topological polar surface area (TPSA) is 134 Å². The third kappa shape index (κ3) is 5.73. The molecular weight excluding hydrogens is 486 g/mol. The number of aliphatic imine (C=N–C) groups is 2. The summed E-state index contributed by atoms with van der Waals surface area (Å²) in [6.45, 7) is 11.9. The summed E-state index contributed by atoms with van der Waals surface area (Å²) >= 11 is 1.67. The van der Waals surface area contributed by atoms with Crippen LogP contribution in [0.1, 0.15) is 72.0 Å². The lowest BCUT2D eigenvalue weighted by molar-refractivity contribution is -0.155. The van der Waals surface area contributed by atoms with E-state index in [4.69, 9.17) is 21.2 Å². The molecule has 0 saturated heterocycles. The zero-order chi connectivity index (χ0) is 26.9. The lowest BCUT2D eigenvalue weighted by Gasteiger charge is -2.21. The molecular formula is C27H31N7O2S. The van der Waals surface area contributed by atoms with E-state index in [9.17, 15) is 4.79 Å². The number of nitrogens with zero attached hydrogens (tertiary/aromatic N) is 5. The van der Waals surface area contributed by atoms with E-state index in [1.165, 1.54) is 4.88 Å². The molecule has 3 heterocycles. The van der Waals surface area contributed by atoms with Crippen molar-refractivity contribution in [2.75, 3.05) is 6.54 Å². The SMILES string of the molecule is Cc1sc2c(c1C)C(c1ccc(C#CCN=C(N)N)cc1)=N[C@H](CC(=O)OC(C)(C)C)c1nnc(C)n1-2. The van der Waals surface area contributed by atoms with E-state index in [1.807, 2.05) is 56.5 Å². The molecule has 0 bridgehead atoms. The zero-order valence-corrected chi connectivity index (χ0v) is 22.7. The Hall–Kier alpha value is -3.97. The highest BCUT2D eigenvalue weighted by atomic mass is 32.1. The van der Waals surface area contributed by atoms with E-state index in [1.54, 1.807) is 11.3 Å². The Kier molecular flexibility index (Phi) is 7.18. The number of carbonyl (C=O) groups excluding carboxylic acids is 1. The van der Waals surface area contributed by atoms with Crippen LogP contribution < -0.4 is 11.5 Å². The third-order valence-corrected chi connectivity index (χ3v) is 6.94. The van der Waals surface area contributed by atoms with Gasteiger partial charge in [0.15, 0.2) is 11.8 Å². The molecule has 1 aromatic carbocycles. The van der Waals surface area contributed by atoms with Gasteiger partial charge in [-0.2, -0.15) is 0 Å². The molecule has 192 valence electrons. The van der Waals surface area contributed by atoms with Gasteiger partial charge < -0.3 is 16.2 Å². The van der Waals surface area contributed by atoms with E-state index in [-0.39, 0.29) is 24.9 Å². The summed E-state index contributed by atoms with van der Waals surface area (Å²) in [6.07, 6.45) is 0.0558. The summed E-state index contributed by atoms with van der Waals surface area (Å²) in [7, 11) is 0. The quantitative estimate of drug-likeness (QED) is 0.235. The number of nitrogens with two attached hydrogens (primary N) is 2. The molecule has 0 unspecified atom stereocenters. The Morgan fingerprint density at radius 3 is 2.51 bits per heavy atom. The first-order valence-electron chi connectivity index (χ1n) is 11.9. The molecule has 9 nitrogen and oxygen atoms in total. The van der Waals surface area contributed by atoms with Crippen LogP contribution in [0.3, 0.4) is 0 Å². The number of ether oxygens (including phenoxy) is 1. The van der Waals surface area contributed by atoms with Gasteiger partial charge in [-0.3, -0.25) is 14.4 Å². The molecule has 4 N–H and O–H groups in total. The summed E-state index contributed by atoms with van der Waals surface area (Å²) in [4.78, 5) is 23.1. The largest absolute Gasteiger partial charge is 0.460 e. The third-order valence-electron chi connectivity index (χ3n) is 5.75. The average molecular weight is 518 g/mol. The first-order chi connectivity index (χ1) is 17.4. The maximum absolute atomic E-state index is 12.9. The first-order valence-corrected chi connectivity index (χ1v) is 12.7. The van der Waals surface area contributed by atoms with Crippen LogP contribution >= 0.6 is 11.3 Å². The standard InChI is InChI=1S/C27H31N7O2S/c1-15-16(2)37-25-22(15)23(19-11-9-18(10-12-19)8-7-13-30-26(28)29)31-20(14-21(35)36-27(4,5)6)24-33-32-17(3)34(24)25/h9-12,20H,13-14H2,1-6H3,(H4,28,29,30)/t20-/m1/s1. The molecule has 0 saturated carbocycles. The van der Waals surface area contributed by atoms with Crippen LogP contribution in [0.15, 0.2) is 34.3 Å². The van der Waals surface area contributed by atoms with Crippen LogP contribution in [-0.2, 0) is 9.53 Å². The Bertz CT molecular complexity index is 1460. The molecule has 10 heteroatoms. The molecule has 0 aliphatic carbocycles. The Morgan fingerprint density at radius 2 is 1.86 bits per heavy atom. The van der Waals surface area contributed by atoms with Gasteiger partial charge in [-0.15, -0.1) is 21.5 Å². The number of carbonyl (C=O) groups is 1. The molecule has 1 atom stereocenters. The Balaban J connectivity index is 1.80. The second-order valence-electron chi connectivity index (χ2n) is 9.81. The molecule has 0 fully saturated rings. The van der Waals surface area contributed by atoms with Gasteiger partial charge in [-0.25, -0.2) is 4.99 Å².